The number of hydrogen-bond donors (Lipinski definition) is 2. The van der Waals surface area contributed by atoms with E-state index in [1.165, 1.54) is 0 Å². The molecule has 0 aromatic carbocycles. The lowest BCUT2D eigenvalue weighted by Crippen LogP contribution is -2.24. The summed E-state index contributed by atoms with van der Waals surface area (Å²) in [4.78, 5) is 0. The topological polar surface area (TPSA) is 38.0 Å². The van der Waals surface area contributed by atoms with Crippen LogP contribution in [0.25, 0.3) is 0 Å². The van der Waals surface area contributed by atoms with Crippen LogP contribution in [0.4, 0.5) is 0 Å². The molecule has 0 aromatic rings. The van der Waals surface area contributed by atoms with E-state index in [4.69, 9.17) is 5.73 Å². The van der Waals surface area contributed by atoms with E-state index >= 15 is 0 Å². The minimum Gasteiger partial charge on any atom is -0.399 e. The Morgan fingerprint density at radius 3 is 3.08 bits per heavy atom. The highest BCUT2D eigenvalue weighted by Crippen LogP contribution is 2.15. The lowest BCUT2D eigenvalue weighted by atomic mass is 10.1. The van der Waals surface area contributed by atoms with Gasteiger partial charge < -0.3 is 11.1 Å². The second-order valence-electron chi connectivity index (χ2n) is 2.68. The summed E-state index contributed by atoms with van der Waals surface area (Å²) in [5.41, 5.74) is 7.27. The van der Waals surface area contributed by atoms with Gasteiger partial charge >= 0.3 is 0 Å². The molecule has 0 spiro atoms. The molecule has 2 heteroatoms. The molecule has 2 nitrogen and oxygen atoms in total. The van der Waals surface area contributed by atoms with E-state index in [0.717, 1.165) is 5.57 Å². The SMILES string of the molecule is C=C(N)C1=CC=CC1N/C=C\C. The van der Waals surface area contributed by atoms with Crippen LogP contribution in [0, 0.1) is 0 Å². The molecule has 0 fully saturated rings. The van der Waals surface area contributed by atoms with Crippen molar-refractivity contribution in [1.82, 2.24) is 5.32 Å². The summed E-state index contributed by atoms with van der Waals surface area (Å²) in [6.07, 6.45) is 9.85. The van der Waals surface area contributed by atoms with E-state index in [1.54, 1.807) is 0 Å². The molecule has 12 heavy (non-hydrogen) atoms. The second kappa shape index (κ2) is 3.81. The van der Waals surface area contributed by atoms with Crippen molar-refractivity contribution >= 4 is 0 Å². The van der Waals surface area contributed by atoms with Gasteiger partial charge in [0, 0.05) is 11.3 Å². The molecule has 1 unspecified atom stereocenters. The molecule has 0 radical (unpaired) electrons. The first-order valence-corrected chi connectivity index (χ1v) is 3.96. The van der Waals surface area contributed by atoms with Crippen LogP contribution in [0.1, 0.15) is 6.92 Å². The highest BCUT2D eigenvalue weighted by Gasteiger charge is 2.13. The Balaban J connectivity index is 2.61. The van der Waals surface area contributed by atoms with Gasteiger partial charge in [-0.1, -0.05) is 30.9 Å². The monoisotopic (exact) mass is 162 g/mol. The Morgan fingerprint density at radius 1 is 1.75 bits per heavy atom. The normalized spacial score (nSPS) is 21.4. The largest absolute Gasteiger partial charge is 0.399 e. The van der Waals surface area contributed by atoms with Crippen LogP contribution in [0.2, 0.25) is 0 Å². The molecule has 0 heterocycles. The van der Waals surface area contributed by atoms with Crippen LogP contribution in [0.5, 0.6) is 0 Å². The van der Waals surface area contributed by atoms with Crippen molar-refractivity contribution in [3.63, 3.8) is 0 Å². The predicted octanol–water partition coefficient (Wildman–Crippen LogP) is 1.45. The predicted molar refractivity (Wildman–Crippen MR) is 52.3 cm³/mol. The molecule has 0 saturated heterocycles. The molecule has 1 rings (SSSR count). The smallest absolute Gasteiger partial charge is 0.0715 e. The van der Waals surface area contributed by atoms with E-state index in [9.17, 15) is 0 Å². The summed E-state index contributed by atoms with van der Waals surface area (Å²) in [5.74, 6) is 0. The molecule has 0 saturated carbocycles. The van der Waals surface area contributed by atoms with E-state index < -0.39 is 0 Å². The van der Waals surface area contributed by atoms with Gasteiger partial charge in [0.25, 0.3) is 0 Å². The average molecular weight is 162 g/mol. The van der Waals surface area contributed by atoms with Gasteiger partial charge in [-0.05, 0) is 13.1 Å². The van der Waals surface area contributed by atoms with Crippen molar-refractivity contribution < 1.29 is 0 Å². The lowest BCUT2D eigenvalue weighted by Gasteiger charge is -2.13. The van der Waals surface area contributed by atoms with Crippen molar-refractivity contribution in [3.05, 3.63) is 48.4 Å². The first-order chi connectivity index (χ1) is 5.75. The highest BCUT2D eigenvalue weighted by molar-refractivity contribution is 5.42. The highest BCUT2D eigenvalue weighted by atomic mass is 14.9. The molecular weight excluding hydrogens is 148 g/mol. The fraction of sp³-hybridized carbons (Fsp3) is 0.200. The van der Waals surface area contributed by atoms with Crippen LogP contribution in [0.3, 0.4) is 0 Å². The first-order valence-electron chi connectivity index (χ1n) is 3.96. The summed E-state index contributed by atoms with van der Waals surface area (Å²) >= 11 is 0. The van der Waals surface area contributed by atoms with Gasteiger partial charge in [0.2, 0.25) is 0 Å². The van der Waals surface area contributed by atoms with Crippen LogP contribution in [-0.2, 0) is 0 Å². The number of allylic oxidation sites excluding steroid dienone is 3. The quantitative estimate of drug-likeness (QED) is 0.659. The maximum Gasteiger partial charge on any atom is 0.0715 e. The zero-order valence-corrected chi connectivity index (χ0v) is 7.25. The summed E-state index contributed by atoms with van der Waals surface area (Å²) in [6, 6.07) is 0.193. The summed E-state index contributed by atoms with van der Waals surface area (Å²) in [7, 11) is 0. The second-order valence-corrected chi connectivity index (χ2v) is 2.68. The fourth-order valence-corrected chi connectivity index (χ4v) is 1.13. The van der Waals surface area contributed by atoms with Crippen molar-refractivity contribution in [2.75, 3.05) is 0 Å². The van der Waals surface area contributed by atoms with Gasteiger partial charge in [-0.3, -0.25) is 0 Å². The third kappa shape index (κ3) is 1.78. The van der Waals surface area contributed by atoms with Gasteiger partial charge in [0.1, 0.15) is 0 Å². The molecule has 0 bridgehead atoms. The van der Waals surface area contributed by atoms with E-state index in [-0.39, 0.29) is 6.04 Å². The minimum atomic E-state index is 0.193. The van der Waals surface area contributed by atoms with Crippen molar-refractivity contribution in [2.45, 2.75) is 13.0 Å². The van der Waals surface area contributed by atoms with Crippen molar-refractivity contribution in [2.24, 2.45) is 5.73 Å². The van der Waals surface area contributed by atoms with Crippen LogP contribution < -0.4 is 11.1 Å². The molecule has 3 N–H and O–H groups in total. The average Bonchev–Trinajstić information content (AvgIpc) is 2.48. The van der Waals surface area contributed by atoms with Gasteiger partial charge in [-0.15, -0.1) is 0 Å². The van der Waals surface area contributed by atoms with Crippen molar-refractivity contribution in [1.29, 1.82) is 0 Å². The maximum atomic E-state index is 5.59. The molecule has 1 aliphatic rings. The number of nitrogens with two attached hydrogens (primary N) is 1. The standard InChI is InChI=1S/C10H14N2/c1-3-7-12-10-6-4-5-9(10)8(2)11/h3-7,10,12H,2,11H2,1H3/b7-3-. The van der Waals surface area contributed by atoms with Gasteiger partial charge in [0.15, 0.2) is 0 Å². The number of hydrogen-bond acceptors (Lipinski definition) is 2. The van der Waals surface area contributed by atoms with E-state index in [2.05, 4.69) is 11.9 Å². The molecule has 1 aliphatic carbocycles. The Labute approximate surface area is 73.1 Å². The summed E-state index contributed by atoms with van der Waals surface area (Å²) in [6.45, 7) is 5.67. The molecule has 0 amide bonds. The Morgan fingerprint density at radius 2 is 2.50 bits per heavy atom. The van der Waals surface area contributed by atoms with Crippen LogP contribution >= 0.6 is 0 Å². The molecule has 0 aliphatic heterocycles. The Hall–Kier alpha value is -1.44. The lowest BCUT2D eigenvalue weighted by molar-refractivity contribution is 0.808. The third-order valence-corrected chi connectivity index (χ3v) is 1.73. The molecule has 1 atom stereocenters. The van der Waals surface area contributed by atoms with Crippen LogP contribution in [0.15, 0.2) is 48.4 Å². The van der Waals surface area contributed by atoms with E-state index in [0.29, 0.717) is 5.70 Å². The maximum absolute atomic E-state index is 5.59. The fourth-order valence-electron chi connectivity index (χ4n) is 1.13. The van der Waals surface area contributed by atoms with Crippen LogP contribution in [-0.4, -0.2) is 6.04 Å². The minimum absolute atomic E-state index is 0.193. The molecular formula is C10H14N2. The zero-order valence-electron chi connectivity index (χ0n) is 7.25. The Kier molecular flexibility index (Phi) is 2.75. The molecule has 0 aromatic heterocycles. The van der Waals surface area contributed by atoms with Gasteiger partial charge in [-0.25, -0.2) is 0 Å². The number of rotatable bonds is 3. The summed E-state index contributed by atoms with van der Waals surface area (Å²) < 4.78 is 0. The zero-order chi connectivity index (χ0) is 8.97. The van der Waals surface area contributed by atoms with Gasteiger partial charge in [0.05, 0.1) is 6.04 Å². The Bertz CT molecular complexity index is 259. The summed E-state index contributed by atoms with van der Waals surface area (Å²) in [5, 5.41) is 3.19. The van der Waals surface area contributed by atoms with Crippen molar-refractivity contribution in [3.8, 4) is 0 Å². The number of nitrogens with one attached hydrogen (secondary N) is 1. The first kappa shape index (κ1) is 8.65. The third-order valence-electron chi connectivity index (χ3n) is 1.73. The van der Waals surface area contributed by atoms with Gasteiger partial charge in [-0.2, -0.15) is 0 Å². The molecule has 64 valence electrons. The van der Waals surface area contributed by atoms with E-state index in [1.807, 2.05) is 37.4 Å².